The molecule has 0 spiro atoms. The second-order valence-corrected chi connectivity index (χ2v) is 8.91. The van der Waals surface area contributed by atoms with Crippen molar-refractivity contribution in [1.29, 1.82) is 0 Å². The van der Waals surface area contributed by atoms with Gasteiger partial charge in [0.1, 0.15) is 0 Å². The van der Waals surface area contributed by atoms with Crippen LogP contribution in [0.3, 0.4) is 0 Å². The first-order valence-electron chi connectivity index (χ1n) is 7.73. The molecule has 0 unspecified atom stereocenters. The van der Waals surface area contributed by atoms with Crippen molar-refractivity contribution < 1.29 is 14.3 Å². The highest BCUT2D eigenvalue weighted by Crippen LogP contribution is 2.33. The van der Waals surface area contributed by atoms with Gasteiger partial charge in [-0.25, -0.2) is 0 Å². The first-order chi connectivity index (χ1) is 12.1. The van der Waals surface area contributed by atoms with Crippen LogP contribution in [0.2, 0.25) is 0 Å². The third-order valence-electron chi connectivity index (χ3n) is 3.12. The average molecular weight is 400 g/mol. The molecule has 2 aromatic rings. The van der Waals surface area contributed by atoms with Crippen LogP contribution in [0.5, 0.6) is 11.5 Å². The Morgan fingerprint density at radius 1 is 1.24 bits per heavy atom. The van der Waals surface area contributed by atoms with Gasteiger partial charge in [-0.3, -0.25) is 4.79 Å². The van der Waals surface area contributed by atoms with Crippen molar-refractivity contribution in [2.45, 2.75) is 34.2 Å². The van der Waals surface area contributed by atoms with Crippen LogP contribution in [-0.4, -0.2) is 41.3 Å². The van der Waals surface area contributed by atoms with Crippen molar-refractivity contribution in [3.63, 3.8) is 0 Å². The van der Waals surface area contributed by atoms with E-state index in [-0.39, 0.29) is 11.2 Å². The maximum Gasteiger partial charge on any atom is 0.237 e. The van der Waals surface area contributed by atoms with Gasteiger partial charge in [-0.1, -0.05) is 41.8 Å². The van der Waals surface area contributed by atoms with Crippen molar-refractivity contribution in [3.05, 3.63) is 18.2 Å². The Balaban J connectivity index is 1.94. The number of nitrogens with zero attached hydrogens (tertiary/aromatic N) is 2. The van der Waals surface area contributed by atoms with Gasteiger partial charge in [-0.2, -0.15) is 0 Å². The zero-order chi connectivity index (χ0) is 18.2. The molecule has 1 amide bonds. The minimum atomic E-state index is -0.287. The normalized spacial score (nSPS) is 11.8. The number of hydrogen-bond donors (Lipinski definition) is 1. The highest BCUT2D eigenvalue weighted by Gasteiger charge is 2.18. The van der Waals surface area contributed by atoms with Crippen molar-refractivity contribution in [1.82, 2.24) is 10.2 Å². The second kappa shape index (κ2) is 9.88. The zero-order valence-electron chi connectivity index (χ0n) is 14.6. The lowest BCUT2D eigenvalue weighted by atomic mass is 10.2. The summed E-state index contributed by atoms with van der Waals surface area (Å²) in [6.07, 6.45) is 1.09. The number of carbonyl (C=O) groups excluding carboxylic acids is 1. The number of ether oxygens (including phenoxy) is 2. The number of aromatic nitrogens is 2. The van der Waals surface area contributed by atoms with Crippen LogP contribution in [0.15, 0.2) is 26.9 Å². The molecule has 0 aliphatic heterocycles. The van der Waals surface area contributed by atoms with Crippen molar-refractivity contribution in [2.24, 2.45) is 0 Å². The van der Waals surface area contributed by atoms with Gasteiger partial charge in [0.15, 0.2) is 20.2 Å². The van der Waals surface area contributed by atoms with E-state index >= 15 is 0 Å². The Morgan fingerprint density at radius 2 is 1.96 bits per heavy atom. The minimum absolute atomic E-state index is 0.102. The summed E-state index contributed by atoms with van der Waals surface area (Å²) >= 11 is 4.62. The van der Waals surface area contributed by atoms with Crippen molar-refractivity contribution in [3.8, 4) is 11.5 Å². The summed E-state index contributed by atoms with van der Waals surface area (Å²) in [6, 6.07) is 5.27. The molecule has 0 aliphatic carbocycles. The number of thioether (sulfide) groups is 2. The lowest BCUT2D eigenvalue weighted by Gasteiger charge is -2.13. The van der Waals surface area contributed by atoms with Crippen LogP contribution < -0.4 is 14.8 Å². The Labute approximate surface area is 160 Å². The smallest absolute Gasteiger partial charge is 0.237 e. The Morgan fingerprint density at radius 3 is 2.64 bits per heavy atom. The lowest BCUT2D eigenvalue weighted by Crippen LogP contribution is -2.22. The van der Waals surface area contributed by atoms with Gasteiger partial charge < -0.3 is 14.8 Å². The van der Waals surface area contributed by atoms with Gasteiger partial charge in [-0.15, -0.1) is 10.2 Å². The minimum Gasteiger partial charge on any atom is -0.493 e. The molecule has 136 valence electrons. The van der Waals surface area contributed by atoms with E-state index in [2.05, 4.69) is 22.4 Å². The summed E-state index contributed by atoms with van der Waals surface area (Å²) in [6.45, 7) is 3.98. The molecule has 1 N–H and O–H groups in total. The highest BCUT2D eigenvalue weighted by atomic mass is 32.2. The number of methoxy groups -OCH3 is 2. The fraction of sp³-hybridized carbons (Fsp3) is 0.438. The predicted molar refractivity (Wildman–Crippen MR) is 104 cm³/mol. The molecule has 6 nitrogen and oxygen atoms in total. The van der Waals surface area contributed by atoms with E-state index in [9.17, 15) is 4.79 Å². The van der Waals surface area contributed by atoms with E-state index in [1.165, 1.54) is 23.1 Å². The van der Waals surface area contributed by atoms with Gasteiger partial charge >= 0.3 is 0 Å². The molecule has 9 heteroatoms. The van der Waals surface area contributed by atoms with E-state index in [1.807, 2.05) is 6.92 Å². The van der Waals surface area contributed by atoms with Crippen LogP contribution in [0.4, 0.5) is 5.69 Å². The summed E-state index contributed by atoms with van der Waals surface area (Å²) in [5.41, 5.74) is 0.659. The molecule has 1 heterocycles. The third-order valence-corrected chi connectivity index (χ3v) is 6.56. The molecule has 1 atom stereocenters. The maximum atomic E-state index is 12.4. The maximum absolute atomic E-state index is 12.4. The molecule has 25 heavy (non-hydrogen) atoms. The number of benzene rings is 1. The standard InChI is InChI=1S/C16H21N3O3S3/c1-5-8-23-15-18-19-16(25-15)24-10(2)14(20)17-11-6-7-12(21-3)13(9-11)22-4/h6-7,9-10H,5,8H2,1-4H3,(H,17,20)/t10-/m0/s1. The molecule has 0 aliphatic rings. The Kier molecular flexibility index (Phi) is 7.86. The third kappa shape index (κ3) is 5.79. The fourth-order valence-corrected chi connectivity index (χ4v) is 4.94. The van der Waals surface area contributed by atoms with Gasteiger partial charge in [0.05, 0.1) is 19.5 Å². The Hall–Kier alpha value is -1.45. The molecule has 0 saturated heterocycles. The number of hydrogen-bond acceptors (Lipinski definition) is 8. The van der Waals surface area contributed by atoms with E-state index in [4.69, 9.17) is 9.47 Å². The molecule has 2 rings (SSSR count). The van der Waals surface area contributed by atoms with Crippen LogP contribution in [-0.2, 0) is 4.79 Å². The number of rotatable bonds is 9. The molecular weight excluding hydrogens is 378 g/mol. The summed E-state index contributed by atoms with van der Waals surface area (Å²) in [4.78, 5) is 12.4. The summed E-state index contributed by atoms with van der Waals surface area (Å²) in [5, 5.41) is 10.9. The van der Waals surface area contributed by atoms with Crippen molar-refractivity contribution in [2.75, 3.05) is 25.3 Å². The average Bonchev–Trinajstić information content (AvgIpc) is 3.06. The molecule has 0 radical (unpaired) electrons. The lowest BCUT2D eigenvalue weighted by molar-refractivity contribution is -0.115. The molecule has 0 saturated carbocycles. The number of amides is 1. The number of carbonyl (C=O) groups is 1. The van der Waals surface area contributed by atoms with Crippen LogP contribution >= 0.6 is 34.9 Å². The first kappa shape index (κ1) is 19.9. The van der Waals surface area contributed by atoms with Crippen LogP contribution in [0.1, 0.15) is 20.3 Å². The molecule has 1 aromatic heterocycles. The van der Waals surface area contributed by atoms with Gasteiger partial charge in [0.2, 0.25) is 5.91 Å². The highest BCUT2D eigenvalue weighted by molar-refractivity contribution is 8.03. The van der Waals surface area contributed by atoms with E-state index in [0.717, 1.165) is 20.9 Å². The molecule has 0 fully saturated rings. The molecule has 0 bridgehead atoms. The van der Waals surface area contributed by atoms with E-state index in [0.29, 0.717) is 17.2 Å². The number of anilines is 1. The second-order valence-electron chi connectivity index (χ2n) is 5.00. The summed E-state index contributed by atoms with van der Waals surface area (Å²) < 4.78 is 12.2. The predicted octanol–water partition coefficient (Wildman–Crippen LogP) is 4.18. The molecular formula is C16H21N3O3S3. The summed E-state index contributed by atoms with van der Waals surface area (Å²) in [7, 11) is 3.13. The van der Waals surface area contributed by atoms with Gasteiger partial charge in [-0.05, 0) is 25.5 Å². The van der Waals surface area contributed by atoms with Gasteiger partial charge in [0, 0.05) is 17.5 Å². The quantitative estimate of drug-likeness (QED) is 0.634. The largest absolute Gasteiger partial charge is 0.493 e. The van der Waals surface area contributed by atoms with Crippen LogP contribution in [0.25, 0.3) is 0 Å². The van der Waals surface area contributed by atoms with Gasteiger partial charge in [0.25, 0.3) is 0 Å². The number of nitrogens with one attached hydrogen (secondary N) is 1. The van der Waals surface area contributed by atoms with E-state index < -0.39 is 0 Å². The zero-order valence-corrected chi connectivity index (χ0v) is 17.0. The van der Waals surface area contributed by atoms with Crippen molar-refractivity contribution >= 4 is 46.5 Å². The monoisotopic (exact) mass is 399 g/mol. The Bertz CT molecular complexity index is 709. The SMILES string of the molecule is CCCSc1nnc(S[C@@H](C)C(=O)Nc2ccc(OC)c(OC)c2)s1. The molecule has 1 aromatic carbocycles. The van der Waals surface area contributed by atoms with Crippen LogP contribution in [0, 0.1) is 0 Å². The van der Waals surface area contributed by atoms with E-state index in [1.54, 1.807) is 44.2 Å². The fourth-order valence-electron chi connectivity index (χ4n) is 1.86. The summed E-state index contributed by atoms with van der Waals surface area (Å²) in [5.74, 6) is 2.11. The topological polar surface area (TPSA) is 73.3 Å². The first-order valence-corrected chi connectivity index (χ1v) is 10.4.